The number of benzene rings is 1. The molecule has 0 spiro atoms. The van der Waals surface area contributed by atoms with Crippen molar-refractivity contribution in [1.29, 1.82) is 0 Å². The molecule has 0 unspecified atom stereocenters. The Balaban J connectivity index is 1.82. The minimum absolute atomic E-state index is 0.431. The molecule has 1 fully saturated rings. The molecule has 0 radical (unpaired) electrons. The van der Waals surface area contributed by atoms with Crippen LogP contribution >= 0.6 is 11.3 Å². The number of rotatable bonds is 3. The smallest absolute Gasteiger partial charge is 0.243 e. The van der Waals surface area contributed by atoms with Gasteiger partial charge in [-0.1, -0.05) is 12.1 Å². The zero-order chi connectivity index (χ0) is 16.4. The average Bonchev–Trinajstić information content (AvgIpc) is 2.93. The third-order valence-electron chi connectivity index (χ3n) is 4.11. The van der Waals surface area contributed by atoms with Crippen molar-refractivity contribution in [3.63, 3.8) is 0 Å². The molecule has 7 heteroatoms. The molecule has 1 aromatic heterocycles. The number of sulfonamides is 1. The highest BCUT2D eigenvalue weighted by molar-refractivity contribution is 7.89. The molecule has 1 aliphatic heterocycles. The van der Waals surface area contributed by atoms with Crippen LogP contribution in [-0.4, -0.2) is 43.9 Å². The monoisotopic (exact) mass is 351 g/mol. The summed E-state index contributed by atoms with van der Waals surface area (Å²) >= 11 is 1.60. The molecule has 0 aliphatic carbocycles. The summed E-state index contributed by atoms with van der Waals surface area (Å²) < 4.78 is 27.6. The van der Waals surface area contributed by atoms with Gasteiger partial charge in [0.05, 0.1) is 4.90 Å². The molecule has 5 nitrogen and oxygen atoms in total. The number of hydrogen-bond acceptors (Lipinski definition) is 5. The van der Waals surface area contributed by atoms with Crippen molar-refractivity contribution in [2.75, 3.05) is 31.1 Å². The summed E-state index contributed by atoms with van der Waals surface area (Å²) in [6, 6.07) is 5.59. The average molecular weight is 351 g/mol. The van der Waals surface area contributed by atoms with Crippen molar-refractivity contribution in [2.45, 2.75) is 25.2 Å². The van der Waals surface area contributed by atoms with Crippen LogP contribution in [0, 0.1) is 13.8 Å². The van der Waals surface area contributed by atoms with Crippen LogP contribution in [0.25, 0.3) is 0 Å². The molecular weight excluding hydrogens is 330 g/mol. The molecule has 0 N–H and O–H groups in total. The highest BCUT2D eigenvalue weighted by Gasteiger charge is 2.28. The maximum atomic E-state index is 13.0. The van der Waals surface area contributed by atoms with Gasteiger partial charge >= 0.3 is 0 Å². The van der Waals surface area contributed by atoms with E-state index in [0.717, 1.165) is 29.2 Å². The highest BCUT2D eigenvalue weighted by atomic mass is 32.2. The molecule has 1 aliphatic rings. The zero-order valence-corrected chi connectivity index (χ0v) is 15.0. The number of thiazole rings is 1. The summed E-state index contributed by atoms with van der Waals surface area (Å²) in [4.78, 5) is 6.93. The molecule has 124 valence electrons. The second-order valence-electron chi connectivity index (χ2n) is 5.83. The summed E-state index contributed by atoms with van der Waals surface area (Å²) in [5.41, 5.74) is 1.77. The molecule has 1 saturated heterocycles. The van der Waals surface area contributed by atoms with E-state index in [9.17, 15) is 8.42 Å². The van der Waals surface area contributed by atoms with Crippen molar-refractivity contribution in [3.05, 3.63) is 40.9 Å². The predicted molar refractivity (Wildman–Crippen MR) is 93.6 cm³/mol. The first-order chi connectivity index (χ1) is 11.0. The van der Waals surface area contributed by atoms with Crippen molar-refractivity contribution in [2.24, 2.45) is 0 Å². The Hall–Kier alpha value is -1.44. The highest BCUT2D eigenvalue weighted by Crippen LogP contribution is 2.24. The Morgan fingerprint density at radius 3 is 2.70 bits per heavy atom. The van der Waals surface area contributed by atoms with Crippen LogP contribution in [0.4, 0.5) is 5.13 Å². The van der Waals surface area contributed by atoms with Crippen LogP contribution < -0.4 is 4.90 Å². The standard InChI is InChI=1S/C16H21N3O2S2/c1-13-4-5-14(2)15(12-13)23(20,21)19-8-3-7-18(9-10-19)16-17-6-11-22-16/h4-6,11-12H,3,7-10H2,1-2H3. The molecule has 0 bridgehead atoms. The third kappa shape index (κ3) is 3.41. The van der Waals surface area contributed by atoms with E-state index in [1.165, 1.54) is 0 Å². The Morgan fingerprint density at radius 1 is 1.13 bits per heavy atom. The van der Waals surface area contributed by atoms with Crippen LogP contribution in [0.5, 0.6) is 0 Å². The minimum Gasteiger partial charge on any atom is -0.347 e. The molecule has 0 saturated carbocycles. The predicted octanol–water partition coefficient (Wildman–Crippen LogP) is 2.66. The van der Waals surface area contributed by atoms with Gasteiger partial charge in [-0.15, -0.1) is 11.3 Å². The van der Waals surface area contributed by atoms with Gasteiger partial charge in [0.2, 0.25) is 10.0 Å². The maximum absolute atomic E-state index is 13.0. The van der Waals surface area contributed by atoms with E-state index in [1.54, 1.807) is 27.9 Å². The van der Waals surface area contributed by atoms with Crippen LogP contribution in [0.2, 0.25) is 0 Å². The topological polar surface area (TPSA) is 53.5 Å². The van der Waals surface area contributed by atoms with Gasteiger partial charge in [-0.25, -0.2) is 13.4 Å². The minimum atomic E-state index is -3.44. The number of nitrogens with zero attached hydrogens (tertiary/aromatic N) is 3. The van der Waals surface area contributed by atoms with Gasteiger partial charge in [0.25, 0.3) is 0 Å². The fourth-order valence-electron chi connectivity index (χ4n) is 2.82. The van der Waals surface area contributed by atoms with E-state index in [1.807, 2.05) is 31.4 Å². The van der Waals surface area contributed by atoms with E-state index in [0.29, 0.717) is 24.5 Å². The molecule has 23 heavy (non-hydrogen) atoms. The number of anilines is 1. The van der Waals surface area contributed by atoms with Crippen molar-refractivity contribution in [1.82, 2.24) is 9.29 Å². The van der Waals surface area contributed by atoms with Gasteiger partial charge in [-0.05, 0) is 37.5 Å². The van der Waals surface area contributed by atoms with E-state index < -0.39 is 10.0 Å². The fraction of sp³-hybridized carbons (Fsp3) is 0.438. The summed E-state index contributed by atoms with van der Waals surface area (Å²) in [7, 11) is -3.44. The van der Waals surface area contributed by atoms with Crippen LogP contribution in [0.1, 0.15) is 17.5 Å². The first-order valence-corrected chi connectivity index (χ1v) is 10.0. The van der Waals surface area contributed by atoms with E-state index in [4.69, 9.17) is 0 Å². The lowest BCUT2D eigenvalue weighted by Gasteiger charge is -2.22. The molecule has 2 aromatic rings. The second-order valence-corrected chi connectivity index (χ2v) is 8.61. The van der Waals surface area contributed by atoms with Crippen molar-refractivity contribution >= 4 is 26.5 Å². The molecular formula is C16H21N3O2S2. The van der Waals surface area contributed by atoms with Gasteiger partial charge in [-0.3, -0.25) is 0 Å². The Labute approximate surface area is 141 Å². The lowest BCUT2D eigenvalue weighted by molar-refractivity contribution is 0.432. The van der Waals surface area contributed by atoms with E-state index >= 15 is 0 Å². The number of aromatic nitrogens is 1. The third-order valence-corrected chi connectivity index (χ3v) is 6.98. The van der Waals surface area contributed by atoms with Gasteiger partial charge in [0.15, 0.2) is 5.13 Å². The first-order valence-electron chi connectivity index (χ1n) is 7.70. The lowest BCUT2D eigenvalue weighted by atomic mass is 10.2. The Bertz CT molecular complexity index is 773. The summed E-state index contributed by atoms with van der Waals surface area (Å²) in [5, 5.41) is 2.92. The summed E-state index contributed by atoms with van der Waals surface area (Å²) in [6.07, 6.45) is 2.60. The molecule has 2 heterocycles. The van der Waals surface area contributed by atoms with E-state index in [2.05, 4.69) is 9.88 Å². The Kier molecular flexibility index (Phi) is 4.70. The van der Waals surface area contributed by atoms with Crippen LogP contribution in [0.3, 0.4) is 0 Å². The van der Waals surface area contributed by atoms with E-state index in [-0.39, 0.29) is 0 Å². The first kappa shape index (κ1) is 16.4. The largest absolute Gasteiger partial charge is 0.347 e. The Morgan fingerprint density at radius 2 is 1.96 bits per heavy atom. The van der Waals surface area contributed by atoms with Crippen LogP contribution in [-0.2, 0) is 10.0 Å². The lowest BCUT2D eigenvalue weighted by Crippen LogP contribution is -2.35. The molecule has 3 rings (SSSR count). The van der Waals surface area contributed by atoms with Gasteiger partial charge in [-0.2, -0.15) is 4.31 Å². The number of aryl methyl sites for hydroxylation is 2. The SMILES string of the molecule is Cc1ccc(C)c(S(=O)(=O)N2CCCN(c3nccs3)CC2)c1. The van der Waals surface area contributed by atoms with Crippen molar-refractivity contribution in [3.8, 4) is 0 Å². The van der Waals surface area contributed by atoms with Gasteiger partial charge < -0.3 is 4.90 Å². The summed E-state index contributed by atoms with van der Waals surface area (Å²) in [5.74, 6) is 0. The summed E-state index contributed by atoms with van der Waals surface area (Å²) in [6.45, 7) is 6.34. The number of hydrogen-bond donors (Lipinski definition) is 0. The van der Waals surface area contributed by atoms with Gasteiger partial charge in [0, 0.05) is 37.8 Å². The molecule has 0 amide bonds. The maximum Gasteiger partial charge on any atom is 0.243 e. The molecule has 1 aromatic carbocycles. The quantitative estimate of drug-likeness (QED) is 0.853. The van der Waals surface area contributed by atoms with Crippen LogP contribution in [0.15, 0.2) is 34.7 Å². The zero-order valence-electron chi connectivity index (χ0n) is 13.4. The van der Waals surface area contributed by atoms with Gasteiger partial charge in [0.1, 0.15) is 0 Å². The second kappa shape index (κ2) is 6.59. The fourth-order valence-corrected chi connectivity index (χ4v) is 5.30. The molecule has 0 atom stereocenters. The normalized spacial score (nSPS) is 17.2. The van der Waals surface area contributed by atoms with Crippen molar-refractivity contribution < 1.29 is 8.42 Å².